The molecule has 4 heterocycles. The second-order valence-corrected chi connectivity index (χ2v) is 15.7. The third kappa shape index (κ3) is 6.97. The van der Waals surface area contributed by atoms with Gasteiger partial charge in [-0.05, 0) is 87.8 Å². The lowest BCUT2D eigenvalue weighted by atomic mass is 9.88. The van der Waals surface area contributed by atoms with Gasteiger partial charge in [-0.1, -0.05) is 35.9 Å². The van der Waals surface area contributed by atoms with E-state index >= 15 is 0 Å². The molecule has 14 heteroatoms. The summed E-state index contributed by atoms with van der Waals surface area (Å²) in [4.78, 5) is 23.7. The van der Waals surface area contributed by atoms with Crippen LogP contribution in [0.25, 0.3) is 33.3 Å². The third-order valence-electron chi connectivity index (χ3n) is 9.92. The number of halogens is 3. The van der Waals surface area contributed by atoms with Gasteiger partial charge in [-0.25, -0.2) is 17.4 Å². The third-order valence-corrected chi connectivity index (χ3v) is 11.6. The Morgan fingerprint density at radius 1 is 0.865 bits per heavy atom. The monoisotopic (exact) mass is 734 g/mol. The molecule has 2 saturated heterocycles. The van der Waals surface area contributed by atoms with Crippen LogP contribution in [0.3, 0.4) is 0 Å². The maximum absolute atomic E-state index is 14.0. The second kappa shape index (κ2) is 13.6. The van der Waals surface area contributed by atoms with Gasteiger partial charge in [-0.3, -0.25) is 4.79 Å². The highest BCUT2D eigenvalue weighted by molar-refractivity contribution is 7.90. The van der Waals surface area contributed by atoms with Crippen LogP contribution < -0.4 is 15.8 Å². The number of ether oxygens (including phenoxy) is 1. The molecule has 7 rings (SSSR count). The molecule has 0 bridgehead atoms. The lowest BCUT2D eigenvalue weighted by molar-refractivity contribution is -0.274. The van der Waals surface area contributed by atoms with E-state index in [1.165, 1.54) is 30.6 Å². The van der Waals surface area contributed by atoms with Gasteiger partial charge >= 0.3 is 6.36 Å². The number of carbonyl (C=O) groups is 1. The summed E-state index contributed by atoms with van der Waals surface area (Å²) in [6.07, 6.45) is -1.04. The molecule has 52 heavy (non-hydrogen) atoms. The summed E-state index contributed by atoms with van der Waals surface area (Å²) in [7, 11) is -2.13. The van der Waals surface area contributed by atoms with E-state index in [1.807, 2.05) is 37.6 Å². The van der Waals surface area contributed by atoms with E-state index in [-0.39, 0.29) is 33.9 Å². The number of pyridine rings is 1. The topological polar surface area (TPSA) is 123 Å². The quantitative estimate of drug-likeness (QED) is 0.184. The number of rotatable bonds is 7. The van der Waals surface area contributed by atoms with Crippen LogP contribution in [-0.2, 0) is 10.0 Å². The maximum atomic E-state index is 14.0. The number of carbonyl (C=O) groups excluding carboxylic acids is 1. The number of likely N-dealkylation sites (tertiary alicyclic amines) is 1. The fourth-order valence-corrected chi connectivity index (χ4v) is 8.00. The molecule has 0 unspecified atom stereocenters. The first-order valence-electron chi connectivity index (χ1n) is 16.7. The van der Waals surface area contributed by atoms with Gasteiger partial charge in [0, 0.05) is 72.7 Å². The Morgan fingerprint density at radius 2 is 1.52 bits per heavy atom. The summed E-state index contributed by atoms with van der Waals surface area (Å²) in [6, 6.07) is 19.9. The molecule has 3 aromatic carbocycles. The zero-order chi connectivity index (χ0) is 36.3. The fourth-order valence-electron chi connectivity index (χ4n) is 6.68. The lowest BCUT2D eigenvalue weighted by Gasteiger charge is -2.48. The molecule has 2 fully saturated rings. The van der Waals surface area contributed by atoms with Crippen LogP contribution in [0.5, 0.6) is 5.75 Å². The number of aromatic nitrogens is 2. The summed E-state index contributed by atoms with van der Waals surface area (Å²) in [6.45, 7) is 9.08. The second-order valence-electron chi connectivity index (χ2n) is 13.9. The van der Waals surface area contributed by atoms with E-state index in [1.54, 1.807) is 54.6 Å². The van der Waals surface area contributed by atoms with Crippen molar-refractivity contribution in [3.63, 3.8) is 0 Å². The van der Waals surface area contributed by atoms with Gasteiger partial charge in [-0.2, -0.15) is 0 Å². The molecule has 0 spiro atoms. The summed E-state index contributed by atoms with van der Waals surface area (Å²) >= 11 is 0. The highest BCUT2D eigenvalue weighted by atomic mass is 32.2. The molecule has 1 amide bonds. The van der Waals surface area contributed by atoms with Crippen molar-refractivity contribution in [3.8, 4) is 28.0 Å². The zero-order valence-corrected chi connectivity index (χ0v) is 30.3. The van der Waals surface area contributed by atoms with Gasteiger partial charge in [0.2, 0.25) is 0 Å². The SMILES string of the molecule is Cc1ccc(S(=O)(=O)n2cc(-c3ccc(C(=O)N4CCC4(C)C)cc3)c3cc(-c4ccc(N5CCN(C)CC5)c(OC(F)(F)F)c4)cnc32)cc1.N. The highest BCUT2D eigenvalue weighted by Gasteiger charge is 2.39. The number of nitrogens with zero attached hydrogens (tertiary/aromatic N) is 5. The van der Waals surface area contributed by atoms with E-state index < -0.39 is 16.4 Å². The number of hydrogen-bond acceptors (Lipinski definition) is 8. The molecule has 5 aromatic rings. The van der Waals surface area contributed by atoms with E-state index in [4.69, 9.17) is 0 Å². The number of amides is 1. The standard InChI is InChI=1S/C38H38F3N5O4S.H3N/c1-25-5-12-30(13-6-25)51(48,49)46-24-32(26-7-9-27(10-8-26)36(47)45-16-15-37(45,2)3)31-21-29(23-42-35(31)46)28-11-14-33(34(22-28)50-38(39,40)41)44-19-17-43(4)18-20-44;/h5-14,21-24H,15-20H2,1-4H3;1H3. The molecule has 0 atom stereocenters. The van der Waals surface area contributed by atoms with E-state index in [9.17, 15) is 26.4 Å². The van der Waals surface area contributed by atoms with Crippen LogP contribution in [0, 0.1) is 6.92 Å². The average molecular weight is 735 g/mol. The van der Waals surface area contributed by atoms with Crippen molar-refractivity contribution in [2.24, 2.45) is 0 Å². The van der Waals surface area contributed by atoms with Gasteiger partial charge in [0.25, 0.3) is 15.9 Å². The van der Waals surface area contributed by atoms with Crippen LogP contribution in [0.2, 0.25) is 0 Å². The normalized spacial score (nSPS) is 16.4. The van der Waals surface area contributed by atoms with Gasteiger partial charge in [0.1, 0.15) is 0 Å². The molecule has 2 aromatic heterocycles. The van der Waals surface area contributed by atoms with Crippen molar-refractivity contribution in [1.29, 1.82) is 0 Å². The van der Waals surface area contributed by atoms with E-state index in [0.29, 0.717) is 71.6 Å². The number of alkyl halides is 3. The highest BCUT2D eigenvalue weighted by Crippen LogP contribution is 2.40. The summed E-state index contributed by atoms with van der Waals surface area (Å²) < 4.78 is 74.6. The fraction of sp³-hybridized carbons (Fsp3) is 0.316. The first-order chi connectivity index (χ1) is 24.1. The van der Waals surface area contributed by atoms with Crippen LogP contribution in [-0.4, -0.2) is 84.8 Å². The summed E-state index contributed by atoms with van der Waals surface area (Å²) in [5, 5.41) is 0.465. The van der Waals surface area contributed by atoms with Crippen molar-refractivity contribution in [2.75, 3.05) is 44.7 Å². The number of anilines is 1. The molecule has 2 aliphatic heterocycles. The molecule has 10 nitrogen and oxygen atoms in total. The molecule has 0 radical (unpaired) electrons. The Labute approximate surface area is 301 Å². The number of likely N-dealkylation sites (N-methyl/N-ethyl adjacent to an activating group) is 1. The van der Waals surface area contributed by atoms with Crippen molar-refractivity contribution < 1.29 is 31.1 Å². The van der Waals surface area contributed by atoms with E-state index in [2.05, 4.69) is 14.6 Å². The maximum Gasteiger partial charge on any atom is 0.573 e. The Kier molecular flexibility index (Phi) is 9.62. The van der Waals surface area contributed by atoms with Gasteiger partial charge in [-0.15, -0.1) is 13.2 Å². The van der Waals surface area contributed by atoms with Crippen LogP contribution >= 0.6 is 0 Å². The van der Waals surface area contributed by atoms with Gasteiger partial charge < -0.3 is 25.6 Å². The molecule has 0 saturated carbocycles. The number of hydrogen-bond donors (Lipinski definition) is 1. The van der Waals surface area contributed by atoms with Crippen LogP contribution in [0.4, 0.5) is 18.9 Å². The first kappa shape index (κ1) is 36.9. The number of fused-ring (bicyclic) bond motifs is 1. The molecule has 274 valence electrons. The van der Waals surface area contributed by atoms with Crippen molar-refractivity contribution in [1.82, 2.24) is 24.9 Å². The van der Waals surface area contributed by atoms with Crippen LogP contribution in [0.15, 0.2) is 90.1 Å². The number of aryl methyl sites for hydroxylation is 1. The first-order valence-corrected chi connectivity index (χ1v) is 18.1. The minimum absolute atomic E-state index is 0. The predicted octanol–water partition coefficient (Wildman–Crippen LogP) is 7.35. The molecule has 3 N–H and O–H groups in total. The smallest absolute Gasteiger partial charge is 0.404 e. The van der Waals surface area contributed by atoms with Gasteiger partial charge in [0.15, 0.2) is 11.4 Å². The lowest BCUT2D eigenvalue weighted by Crippen LogP contribution is -2.58. The molecule has 2 aliphatic rings. The molecular formula is C38H41F3N6O4S. The Hall–Kier alpha value is -4.92. The van der Waals surface area contributed by atoms with Crippen LogP contribution in [0.1, 0.15) is 36.2 Å². The molecule has 0 aliphatic carbocycles. The number of piperazine rings is 1. The average Bonchev–Trinajstić information content (AvgIpc) is 3.48. The minimum atomic E-state index is -4.91. The Bertz CT molecular complexity index is 2230. The van der Waals surface area contributed by atoms with Crippen molar-refractivity contribution >= 4 is 32.7 Å². The Balaban J connectivity index is 0.00000464. The largest absolute Gasteiger partial charge is 0.573 e. The molecular weight excluding hydrogens is 694 g/mol. The predicted molar refractivity (Wildman–Crippen MR) is 196 cm³/mol. The van der Waals surface area contributed by atoms with E-state index in [0.717, 1.165) is 16.0 Å². The van der Waals surface area contributed by atoms with Crippen molar-refractivity contribution in [2.45, 2.75) is 44.0 Å². The minimum Gasteiger partial charge on any atom is -0.404 e. The zero-order valence-electron chi connectivity index (χ0n) is 29.4. The van der Waals surface area contributed by atoms with Gasteiger partial charge in [0.05, 0.1) is 10.6 Å². The Morgan fingerprint density at radius 3 is 2.12 bits per heavy atom. The summed E-state index contributed by atoms with van der Waals surface area (Å²) in [5.41, 5.74) is 3.74. The number of benzene rings is 3. The summed E-state index contributed by atoms with van der Waals surface area (Å²) in [5.74, 6) is -0.405. The van der Waals surface area contributed by atoms with Crippen molar-refractivity contribution in [3.05, 3.63) is 96.3 Å².